The number of nitrogens with one attached hydrogen (secondary N) is 2. The van der Waals surface area contributed by atoms with Crippen molar-refractivity contribution in [3.05, 3.63) is 77.1 Å². The van der Waals surface area contributed by atoms with Crippen molar-refractivity contribution in [2.24, 2.45) is 0 Å². The molecule has 0 spiro atoms. The number of rotatable bonds is 6. The number of benzene rings is 2. The van der Waals surface area contributed by atoms with E-state index in [0.29, 0.717) is 23.9 Å². The van der Waals surface area contributed by atoms with Crippen LogP contribution in [0, 0.1) is 6.92 Å². The van der Waals surface area contributed by atoms with Crippen LogP contribution in [0.4, 0.5) is 5.95 Å². The highest BCUT2D eigenvalue weighted by atomic mass is 16.7. The molecule has 1 aliphatic heterocycles. The number of amides is 1. The van der Waals surface area contributed by atoms with Gasteiger partial charge in [0.25, 0.3) is 5.91 Å². The molecule has 0 radical (unpaired) electrons. The molecule has 0 bridgehead atoms. The highest BCUT2D eigenvalue weighted by Crippen LogP contribution is 2.32. The van der Waals surface area contributed by atoms with Gasteiger partial charge in [-0.2, -0.15) is 0 Å². The van der Waals surface area contributed by atoms with Crippen LogP contribution in [0.1, 0.15) is 40.3 Å². The molecule has 7 nitrogen and oxygen atoms in total. The minimum absolute atomic E-state index is 0.121. The quantitative estimate of drug-likeness (QED) is 0.669. The van der Waals surface area contributed by atoms with Crippen LogP contribution in [-0.4, -0.2) is 22.7 Å². The Morgan fingerprint density at radius 2 is 1.86 bits per heavy atom. The zero-order valence-corrected chi connectivity index (χ0v) is 16.3. The van der Waals surface area contributed by atoms with E-state index in [0.717, 1.165) is 22.6 Å². The maximum absolute atomic E-state index is 12.7. The third-order valence-electron chi connectivity index (χ3n) is 4.62. The number of carbonyl (C=O) groups is 1. The molecular weight excluding hydrogens is 368 g/mol. The molecule has 1 aromatic heterocycles. The minimum atomic E-state index is -0.238. The summed E-state index contributed by atoms with van der Waals surface area (Å²) < 4.78 is 10.7. The Morgan fingerprint density at radius 3 is 2.69 bits per heavy atom. The second kappa shape index (κ2) is 8.18. The second-order valence-electron chi connectivity index (χ2n) is 6.87. The zero-order chi connectivity index (χ0) is 20.2. The third-order valence-corrected chi connectivity index (χ3v) is 4.62. The van der Waals surface area contributed by atoms with Crippen LogP contribution in [-0.2, 0) is 6.54 Å². The van der Waals surface area contributed by atoms with Crippen molar-refractivity contribution in [2.75, 3.05) is 12.1 Å². The summed E-state index contributed by atoms with van der Waals surface area (Å²) in [6.07, 6.45) is 0. The number of hydrogen-bond donors (Lipinski definition) is 2. The van der Waals surface area contributed by atoms with Gasteiger partial charge in [-0.25, -0.2) is 9.97 Å². The highest BCUT2D eigenvalue weighted by molar-refractivity contribution is 5.92. The molecule has 0 saturated heterocycles. The number of anilines is 1. The van der Waals surface area contributed by atoms with Crippen molar-refractivity contribution in [3.63, 3.8) is 0 Å². The zero-order valence-electron chi connectivity index (χ0n) is 16.3. The van der Waals surface area contributed by atoms with Crippen LogP contribution in [0.25, 0.3) is 0 Å². The molecule has 1 unspecified atom stereocenters. The van der Waals surface area contributed by atoms with Gasteiger partial charge in [0.1, 0.15) is 5.69 Å². The molecule has 2 aromatic carbocycles. The van der Waals surface area contributed by atoms with E-state index >= 15 is 0 Å². The summed E-state index contributed by atoms with van der Waals surface area (Å²) in [5.74, 6) is 1.63. The molecule has 0 aliphatic carbocycles. The fraction of sp³-hybridized carbons (Fsp3) is 0.227. The number of fused-ring (bicyclic) bond motifs is 1. The van der Waals surface area contributed by atoms with Crippen LogP contribution in [0.2, 0.25) is 0 Å². The van der Waals surface area contributed by atoms with Gasteiger partial charge in [-0.15, -0.1) is 0 Å². The van der Waals surface area contributed by atoms with E-state index in [1.807, 2.05) is 62.4 Å². The highest BCUT2D eigenvalue weighted by Gasteiger charge is 2.15. The predicted molar refractivity (Wildman–Crippen MR) is 109 cm³/mol. The smallest absolute Gasteiger partial charge is 0.270 e. The Morgan fingerprint density at radius 1 is 1.07 bits per heavy atom. The van der Waals surface area contributed by atoms with Crippen molar-refractivity contribution >= 4 is 11.9 Å². The summed E-state index contributed by atoms with van der Waals surface area (Å²) in [6.45, 7) is 4.53. The average molecular weight is 390 g/mol. The molecule has 0 saturated carbocycles. The van der Waals surface area contributed by atoms with Crippen molar-refractivity contribution in [3.8, 4) is 11.5 Å². The fourth-order valence-electron chi connectivity index (χ4n) is 3.09. The lowest BCUT2D eigenvalue weighted by molar-refractivity contribution is 0.0934. The summed E-state index contributed by atoms with van der Waals surface area (Å²) in [7, 11) is 0. The van der Waals surface area contributed by atoms with E-state index in [4.69, 9.17) is 9.47 Å². The third kappa shape index (κ3) is 4.45. The van der Waals surface area contributed by atoms with Crippen LogP contribution in [0.5, 0.6) is 11.5 Å². The summed E-state index contributed by atoms with van der Waals surface area (Å²) in [5.41, 5.74) is 3.08. The average Bonchev–Trinajstić information content (AvgIpc) is 3.20. The monoisotopic (exact) mass is 390 g/mol. The van der Waals surface area contributed by atoms with Gasteiger partial charge >= 0.3 is 0 Å². The number of ether oxygens (including phenoxy) is 2. The maximum atomic E-state index is 12.7. The molecule has 29 heavy (non-hydrogen) atoms. The van der Waals surface area contributed by atoms with Gasteiger partial charge in [0.2, 0.25) is 12.7 Å². The lowest BCUT2D eigenvalue weighted by atomic mass is 10.1. The summed E-state index contributed by atoms with van der Waals surface area (Å²) in [4.78, 5) is 21.4. The van der Waals surface area contributed by atoms with Gasteiger partial charge in [-0.1, -0.05) is 36.4 Å². The van der Waals surface area contributed by atoms with E-state index in [1.54, 1.807) is 6.07 Å². The molecule has 2 heterocycles. The Labute approximate surface area is 169 Å². The number of hydrogen-bond acceptors (Lipinski definition) is 6. The molecule has 1 aliphatic rings. The number of carbonyl (C=O) groups excluding carboxylic acids is 1. The molecular formula is C22H22N4O3. The van der Waals surface area contributed by atoms with Gasteiger partial charge < -0.3 is 20.1 Å². The molecule has 4 rings (SSSR count). The van der Waals surface area contributed by atoms with Crippen molar-refractivity contribution in [1.82, 2.24) is 15.3 Å². The van der Waals surface area contributed by atoms with Gasteiger partial charge in [0, 0.05) is 12.2 Å². The number of aromatic nitrogens is 2. The molecule has 148 valence electrons. The lowest BCUT2D eigenvalue weighted by Gasteiger charge is -2.14. The van der Waals surface area contributed by atoms with Crippen molar-refractivity contribution in [1.29, 1.82) is 0 Å². The van der Waals surface area contributed by atoms with Crippen molar-refractivity contribution in [2.45, 2.75) is 26.4 Å². The molecule has 7 heteroatoms. The van der Waals surface area contributed by atoms with E-state index < -0.39 is 0 Å². The van der Waals surface area contributed by atoms with Gasteiger partial charge in [0.15, 0.2) is 11.5 Å². The predicted octanol–water partition coefficient (Wildman–Crippen LogP) is 3.62. The summed E-state index contributed by atoms with van der Waals surface area (Å²) >= 11 is 0. The van der Waals surface area contributed by atoms with Gasteiger partial charge in [0.05, 0.1) is 6.04 Å². The van der Waals surface area contributed by atoms with Crippen LogP contribution in [0.15, 0.2) is 54.6 Å². The largest absolute Gasteiger partial charge is 0.454 e. The second-order valence-corrected chi connectivity index (χ2v) is 6.87. The van der Waals surface area contributed by atoms with E-state index in [2.05, 4.69) is 20.6 Å². The standard InChI is InChI=1S/C22H22N4O3/c1-14-10-18(21(27)25-15(2)17-6-4-3-5-7-17)26-22(24-14)23-12-16-8-9-19-20(11-16)29-13-28-19/h3-11,15H,12-13H2,1-2H3,(H,25,27)(H,23,24,26). The number of nitrogens with zero attached hydrogens (tertiary/aromatic N) is 2. The van der Waals surface area contributed by atoms with Gasteiger partial charge in [-0.05, 0) is 43.2 Å². The topological polar surface area (TPSA) is 85.4 Å². The fourth-order valence-corrected chi connectivity index (χ4v) is 3.09. The first-order valence-electron chi connectivity index (χ1n) is 9.42. The SMILES string of the molecule is Cc1cc(C(=O)NC(C)c2ccccc2)nc(NCc2ccc3c(c2)OCO3)n1. The maximum Gasteiger partial charge on any atom is 0.270 e. The Bertz CT molecular complexity index is 1020. The normalized spacial score (nSPS) is 13.0. The first kappa shape index (κ1) is 18.7. The van der Waals surface area contributed by atoms with Crippen LogP contribution >= 0.6 is 0 Å². The first-order chi connectivity index (χ1) is 14.1. The molecule has 1 amide bonds. The summed E-state index contributed by atoms with van der Waals surface area (Å²) in [6, 6.07) is 17.1. The Balaban J connectivity index is 1.43. The van der Waals surface area contributed by atoms with Crippen LogP contribution in [0.3, 0.4) is 0 Å². The lowest BCUT2D eigenvalue weighted by Crippen LogP contribution is -2.28. The van der Waals surface area contributed by atoms with Crippen LogP contribution < -0.4 is 20.1 Å². The summed E-state index contributed by atoms with van der Waals surface area (Å²) in [5, 5.41) is 6.16. The Kier molecular flexibility index (Phi) is 5.29. The van der Waals surface area contributed by atoms with Gasteiger partial charge in [-0.3, -0.25) is 4.79 Å². The van der Waals surface area contributed by atoms with Crippen molar-refractivity contribution < 1.29 is 14.3 Å². The molecule has 1 atom stereocenters. The molecule has 3 aromatic rings. The first-order valence-corrected chi connectivity index (χ1v) is 9.42. The number of aryl methyl sites for hydroxylation is 1. The van der Waals surface area contributed by atoms with E-state index in [1.165, 1.54) is 0 Å². The molecule has 2 N–H and O–H groups in total. The Hall–Kier alpha value is -3.61. The van der Waals surface area contributed by atoms with E-state index in [9.17, 15) is 4.79 Å². The van der Waals surface area contributed by atoms with E-state index in [-0.39, 0.29) is 18.7 Å². The molecule has 0 fully saturated rings. The minimum Gasteiger partial charge on any atom is -0.454 e.